The average Bonchev–Trinajstić information content (AvgIpc) is 2.41. The van der Waals surface area contributed by atoms with Crippen LogP contribution in [0.4, 0.5) is 0 Å². The number of allylic oxidation sites excluding steroid dienone is 1. The van der Waals surface area contributed by atoms with Gasteiger partial charge in [-0.05, 0) is 53.9 Å². The molecule has 0 heterocycles. The van der Waals surface area contributed by atoms with E-state index in [4.69, 9.17) is 9.47 Å². The molecule has 4 heteroatoms. The summed E-state index contributed by atoms with van der Waals surface area (Å²) in [6.07, 6.45) is 3.15. The fourth-order valence-corrected chi connectivity index (χ4v) is 2.32. The summed E-state index contributed by atoms with van der Waals surface area (Å²) < 4.78 is 12.1. The van der Waals surface area contributed by atoms with Crippen LogP contribution in [-0.2, 0) is 6.54 Å². The molecule has 0 aromatic heterocycles. The highest BCUT2D eigenvalue weighted by Gasteiger charge is 2.11. The number of ether oxygens (including phenoxy) is 2. The van der Waals surface area contributed by atoms with Crippen molar-refractivity contribution in [3.05, 3.63) is 33.8 Å². The van der Waals surface area contributed by atoms with Crippen LogP contribution in [0.1, 0.15) is 32.8 Å². The van der Waals surface area contributed by atoms with E-state index in [1.807, 2.05) is 6.07 Å². The Morgan fingerprint density at radius 3 is 2.70 bits per heavy atom. The van der Waals surface area contributed by atoms with Crippen molar-refractivity contribution in [2.45, 2.75) is 33.7 Å². The maximum absolute atomic E-state index is 5.72. The van der Waals surface area contributed by atoms with Crippen LogP contribution in [0.3, 0.4) is 0 Å². The van der Waals surface area contributed by atoms with E-state index in [1.165, 1.54) is 11.1 Å². The van der Waals surface area contributed by atoms with Gasteiger partial charge < -0.3 is 14.8 Å². The van der Waals surface area contributed by atoms with Crippen LogP contribution < -0.4 is 14.8 Å². The van der Waals surface area contributed by atoms with Gasteiger partial charge in [0.1, 0.15) is 0 Å². The Labute approximate surface area is 130 Å². The predicted octanol–water partition coefficient (Wildman–Crippen LogP) is 4.30. The lowest BCUT2D eigenvalue weighted by Crippen LogP contribution is -2.13. The van der Waals surface area contributed by atoms with Gasteiger partial charge in [-0.2, -0.15) is 0 Å². The molecule has 0 aliphatic heterocycles. The molecule has 0 unspecified atom stereocenters. The molecule has 1 aromatic rings. The van der Waals surface area contributed by atoms with Gasteiger partial charge in [-0.1, -0.05) is 18.6 Å². The molecule has 1 aromatic carbocycles. The molecule has 0 fully saturated rings. The predicted molar refractivity (Wildman–Crippen MR) is 87.6 cm³/mol. The fraction of sp³-hybridized carbons (Fsp3) is 0.500. The van der Waals surface area contributed by atoms with Crippen LogP contribution in [0, 0.1) is 0 Å². The molecule has 112 valence electrons. The summed E-state index contributed by atoms with van der Waals surface area (Å²) in [5.41, 5.74) is 2.49. The summed E-state index contributed by atoms with van der Waals surface area (Å²) in [6, 6.07) is 4.09. The maximum atomic E-state index is 5.72. The lowest BCUT2D eigenvalue weighted by Gasteiger charge is -2.14. The standard InChI is InChI=1S/C16H24BrNO2/c1-5-8-20-16-14(17)9-13(10-15(16)19-4)11-18-7-6-12(2)3/h6,9-10,18H,5,7-8,11H2,1-4H3. The Hall–Kier alpha value is -1.00. The summed E-state index contributed by atoms with van der Waals surface area (Å²) in [7, 11) is 1.67. The zero-order valence-corrected chi connectivity index (χ0v) is 14.3. The van der Waals surface area contributed by atoms with Gasteiger partial charge >= 0.3 is 0 Å². The Balaban J connectivity index is 2.74. The minimum Gasteiger partial charge on any atom is -0.493 e. The van der Waals surface area contributed by atoms with Crippen molar-refractivity contribution in [3.63, 3.8) is 0 Å². The molecule has 0 aliphatic carbocycles. The minimum absolute atomic E-state index is 0.688. The number of methoxy groups -OCH3 is 1. The highest BCUT2D eigenvalue weighted by atomic mass is 79.9. The van der Waals surface area contributed by atoms with Crippen LogP contribution in [0.25, 0.3) is 0 Å². The van der Waals surface area contributed by atoms with Crippen LogP contribution >= 0.6 is 15.9 Å². The van der Waals surface area contributed by atoms with E-state index in [2.05, 4.69) is 54.2 Å². The van der Waals surface area contributed by atoms with Crippen molar-refractivity contribution >= 4 is 15.9 Å². The molecule has 0 bridgehead atoms. The number of nitrogens with one attached hydrogen (secondary N) is 1. The lowest BCUT2D eigenvalue weighted by molar-refractivity contribution is 0.292. The Kier molecular flexibility index (Phi) is 7.70. The van der Waals surface area contributed by atoms with E-state index >= 15 is 0 Å². The molecule has 0 radical (unpaired) electrons. The smallest absolute Gasteiger partial charge is 0.175 e. The molecule has 20 heavy (non-hydrogen) atoms. The summed E-state index contributed by atoms with van der Waals surface area (Å²) in [5, 5.41) is 3.38. The second-order valence-corrected chi connectivity index (χ2v) is 5.72. The largest absolute Gasteiger partial charge is 0.493 e. The van der Waals surface area contributed by atoms with Crippen molar-refractivity contribution in [2.24, 2.45) is 0 Å². The highest BCUT2D eigenvalue weighted by molar-refractivity contribution is 9.10. The highest BCUT2D eigenvalue weighted by Crippen LogP contribution is 2.36. The molecule has 0 spiro atoms. The van der Waals surface area contributed by atoms with Crippen LogP contribution in [-0.4, -0.2) is 20.3 Å². The Morgan fingerprint density at radius 1 is 1.35 bits per heavy atom. The van der Waals surface area contributed by atoms with Crippen molar-refractivity contribution in [2.75, 3.05) is 20.3 Å². The van der Waals surface area contributed by atoms with E-state index < -0.39 is 0 Å². The first kappa shape index (κ1) is 17.1. The second-order valence-electron chi connectivity index (χ2n) is 4.87. The molecule has 0 atom stereocenters. The van der Waals surface area contributed by atoms with Crippen molar-refractivity contribution in [3.8, 4) is 11.5 Å². The van der Waals surface area contributed by atoms with E-state index in [9.17, 15) is 0 Å². The second kappa shape index (κ2) is 9.03. The molecule has 3 nitrogen and oxygen atoms in total. The number of rotatable bonds is 8. The third-order valence-corrected chi connectivity index (χ3v) is 3.31. The molecule has 0 amide bonds. The van der Waals surface area contributed by atoms with Gasteiger partial charge in [-0.3, -0.25) is 0 Å². The SMILES string of the molecule is CCCOc1c(Br)cc(CNCC=C(C)C)cc1OC. The average molecular weight is 342 g/mol. The first-order valence-electron chi connectivity index (χ1n) is 6.91. The monoisotopic (exact) mass is 341 g/mol. The lowest BCUT2D eigenvalue weighted by atomic mass is 10.2. The van der Waals surface area contributed by atoms with Gasteiger partial charge in [-0.25, -0.2) is 0 Å². The first-order valence-corrected chi connectivity index (χ1v) is 7.71. The fourth-order valence-electron chi connectivity index (χ4n) is 1.71. The van der Waals surface area contributed by atoms with E-state index in [1.54, 1.807) is 7.11 Å². The number of halogens is 1. The Bertz CT molecular complexity index is 454. The van der Waals surface area contributed by atoms with E-state index in [0.717, 1.165) is 35.5 Å². The quantitative estimate of drug-likeness (QED) is 0.564. The summed E-state index contributed by atoms with van der Waals surface area (Å²) in [4.78, 5) is 0. The number of benzene rings is 1. The van der Waals surface area contributed by atoms with Gasteiger partial charge in [0.15, 0.2) is 11.5 Å². The number of hydrogen-bond acceptors (Lipinski definition) is 3. The maximum Gasteiger partial charge on any atom is 0.175 e. The van der Waals surface area contributed by atoms with Gasteiger partial charge in [-0.15, -0.1) is 0 Å². The normalized spacial score (nSPS) is 10.2. The third-order valence-electron chi connectivity index (χ3n) is 2.72. The zero-order chi connectivity index (χ0) is 15.0. The van der Waals surface area contributed by atoms with Gasteiger partial charge in [0.05, 0.1) is 18.2 Å². The van der Waals surface area contributed by atoms with Gasteiger partial charge in [0, 0.05) is 13.1 Å². The Morgan fingerprint density at radius 2 is 2.10 bits per heavy atom. The minimum atomic E-state index is 0.688. The number of hydrogen-bond donors (Lipinski definition) is 1. The molecular formula is C16H24BrNO2. The topological polar surface area (TPSA) is 30.5 Å². The molecule has 0 saturated carbocycles. The van der Waals surface area contributed by atoms with Gasteiger partial charge in [0.25, 0.3) is 0 Å². The van der Waals surface area contributed by atoms with E-state index in [-0.39, 0.29) is 0 Å². The molecule has 0 saturated heterocycles. The molecule has 1 N–H and O–H groups in total. The van der Waals surface area contributed by atoms with Crippen molar-refractivity contribution in [1.29, 1.82) is 0 Å². The van der Waals surface area contributed by atoms with Crippen molar-refractivity contribution in [1.82, 2.24) is 5.32 Å². The van der Waals surface area contributed by atoms with Crippen LogP contribution in [0.15, 0.2) is 28.3 Å². The van der Waals surface area contributed by atoms with Gasteiger partial charge in [0.2, 0.25) is 0 Å². The van der Waals surface area contributed by atoms with Crippen LogP contribution in [0.2, 0.25) is 0 Å². The van der Waals surface area contributed by atoms with Crippen molar-refractivity contribution < 1.29 is 9.47 Å². The first-order chi connectivity index (χ1) is 9.58. The third kappa shape index (κ3) is 5.55. The zero-order valence-electron chi connectivity index (χ0n) is 12.8. The molecule has 1 rings (SSSR count). The summed E-state index contributed by atoms with van der Waals surface area (Å²) >= 11 is 3.56. The van der Waals surface area contributed by atoms with Crippen LogP contribution in [0.5, 0.6) is 11.5 Å². The summed E-state index contributed by atoms with van der Waals surface area (Å²) in [6.45, 7) is 8.64. The van der Waals surface area contributed by atoms with E-state index in [0.29, 0.717) is 6.61 Å². The summed E-state index contributed by atoms with van der Waals surface area (Å²) in [5.74, 6) is 1.55. The molecular weight excluding hydrogens is 318 g/mol. The molecule has 0 aliphatic rings.